The van der Waals surface area contributed by atoms with Crippen molar-refractivity contribution >= 4 is 34.8 Å². The fraction of sp³-hybridized carbons (Fsp3) is 0.188. The monoisotopic (exact) mass is 320 g/mol. The Morgan fingerprint density at radius 2 is 2.00 bits per heavy atom. The van der Waals surface area contributed by atoms with E-state index in [1.807, 2.05) is 12.1 Å². The zero-order valence-electron chi connectivity index (χ0n) is 11.3. The number of fused-ring (bicyclic) bond motifs is 1. The molecule has 3 rings (SSSR count). The number of nitrogen functional groups attached to an aromatic ring is 1. The molecule has 2 aromatic rings. The van der Waals surface area contributed by atoms with Gasteiger partial charge in [0.25, 0.3) is 5.91 Å². The van der Waals surface area contributed by atoms with E-state index in [9.17, 15) is 4.79 Å². The third kappa shape index (κ3) is 2.71. The number of rotatable bonds is 1. The summed E-state index contributed by atoms with van der Waals surface area (Å²) in [4.78, 5) is 14.4. The van der Waals surface area contributed by atoms with Crippen LogP contribution in [0.3, 0.4) is 0 Å². The van der Waals surface area contributed by atoms with Crippen LogP contribution < -0.4 is 5.73 Å². The Morgan fingerprint density at radius 1 is 1.19 bits per heavy atom. The summed E-state index contributed by atoms with van der Waals surface area (Å²) in [6.45, 7) is 1.17. The SMILES string of the molecule is Nc1cccc2c1CN(C(=O)c1ccc(Cl)cc1Cl)CC2. The Balaban J connectivity index is 1.89. The molecule has 0 fully saturated rings. The zero-order valence-corrected chi connectivity index (χ0v) is 12.8. The Kier molecular flexibility index (Phi) is 3.79. The van der Waals surface area contributed by atoms with Crippen LogP contribution in [-0.2, 0) is 13.0 Å². The Morgan fingerprint density at radius 3 is 2.76 bits per heavy atom. The lowest BCUT2D eigenvalue weighted by atomic mass is 9.97. The number of carbonyl (C=O) groups excluding carboxylic acids is 1. The van der Waals surface area contributed by atoms with Crippen LogP contribution in [0.2, 0.25) is 10.0 Å². The second-order valence-corrected chi connectivity index (χ2v) is 5.93. The van der Waals surface area contributed by atoms with Crippen LogP contribution in [0, 0.1) is 0 Å². The van der Waals surface area contributed by atoms with E-state index in [0.717, 1.165) is 17.7 Å². The molecule has 5 heteroatoms. The molecule has 1 aliphatic heterocycles. The third-order valence-corrected chi connectivity index (χ3v) is 4.31. The molecular weight excluding hydrogens is 307 g/mol. The van der Waals surface area contributed by atoms with Gasteiger partial charge in [0.2, 0.25) is 0 Å². The number of benzene rings is 2. The highest BCUT2D eigenvalue weighted by molar-refractivity contribution is 6.36. The summed E-state index contributed by atoms with van der Waals surface area (Å²) in [7, 11) is 0. The smallest absolute Gasteiger partial charge is 0.255 e. The van der Waals surface area contributed by atoms with Crippen LogP contribution in [0.4, 0.5) is 5.69 Å². The van der Waals surface area contributed by atoms with Gasteiger partial charge in [0.05, 0.1) is 10.6 Å². The summed E-state index contributed by atoms with van der Waals surface area (Å²) in [5.41, 5.74) is 9.45. The highest BCUT2D eigenvalue weighted by Crippen LogP contribution is 2.27. The second kappa shape index (κ2) is 5.58. The molecule has 0 aromatic heterocycles. The highest BCUT2D eigenvalue weighted by Gasteiger charge is 2.24. The average Bonchev–Trinajstić information content (AvgIpc) is 2.47. The van der Waals surface area contributed by atoms with Gasteiger partial charge in [0.1, 0.15) is 0 Å². The van der Waals surface area contributed by atoms with Gasteiger partial charge in [-0.25, -0.2) is 0 Å². The van der Waals surface area contributed by atoms with E-state index in [0.29, 0.717) is 28.7 Å². The molecule has 108 valence electrons. The van der Waals surface area contributed by atoms with E-state index < -0.39 is 0 Å². The van der Waals surface area contributed by atoms with Crippen LogP contribution in [0.15, 0.2) is 36.4 Å². The van der Waals surface area contributed by atoms with E-state index in [1.165, 1.54) is 5.56 Å². The minimum absolute atomic E-state index is 0.0921. The number of nitrogens with zero attached hydrogens (tertiary/aromatic N) is 1. The Labute approximate surface area is 133 Å². The Hall–Kier alpha value is -1.71. The van der Waals surface area contributed by atoms with Crippen LogP contribution in [-0.4, -0.2) is 17.4 Å². The van der Waals surface area contributed by atoms with Crippen molar-refractivity contribution in [1.29, 1.82) is 0 Å². The fourth-order valence-electron chi connectivity index (χ4n) is 2.61. The van der Waals surface area contributed by atoms with Gasteiger partial charge in [0.15, 0.2) is 0 Å². The predicted molar refractivity (Wildman–Crippen MR) is 85.8 cm³/mol. The molecule has 0 saturated heterocycles. The second-order valence-electron chi connectivity index (χ2n) is 5.09. The van der Waals surface area contributed by atoms with Gasteiger partial charge in [-0.2, -0.15) is 0 Å². The van der Waals surface area contributed by atoms with Gasteiger partial charge in [-0.05, 0) is 41.8 Å². The summed E-state index contributed by atoms with van der Waals surface area (Å²) in [5.74, 6) is -0.0921. The van der Waals surface area contributed by atoms with Crippen molar-refractivity contribution in [2.75, 3.05) is 12.3 Å². The predicted octanol–water partition coefficient (Wildman–Crippen LogP) is 3.77. The highest BCUT2D eigenvalue weighted by atomic mass is 35.5. The number of halogens is 2. The quantitative estimate of drug-likeness (QED) is 0.813. The maximum atomic E-state index is 12.6. The first-order valence-electron chi connectivity index (χ1n) is 6.67. The number of hydrogen-bond donors (Lipinski definition) is 1. The van der Waals surface area contributed by atoms with Crippen molar-refractivity contribution in [3.8, 4) is 0 Å². The van der Waals surface area contributed by atoms with Gasteiger partial charge < -0.3 is 10.6 Å². The number of nitrogens with two attached hydrogens (primary N) is 1. The topological polar surface area (TPSA) is 46.3 Å². The van der Waals surface area contributed by atoms with Gasteiger partial charge >= 0.3 is 0 Å². The standard InChI is InChI=1S/C16H14Cl2N2O/c17-11-4-5-12(14(18)8-11)16(21)20-7-6-10-2-1-3-15(19)13(10)9-20/h1-5,8H,6-7,9,19H2. The lowest BCUT2D eigenvalue weighted by Crippen LogP contribution is -2.36. The van der Waals surface area contributed by atoms with Gasteiger partial charge in [-0.3, -0.25) is 4.79 Å². The van der Waals surface area contributed by atoms with Gasteiger partial charge in [0, 0.05) is 23.8 Å². The first-order chi connectivity index (χ1) is 10.1. The van der Waals surface area contributed by atoms with Crippen molar-refractivity contribution in [2.24, 2.45) is 0 Å². The number of anilines is 1. The molecule has 0 aliphatic carbocycles. The number of carbonyl (C=O) groups is 1. The van der Waals surface area contributed by atoms with Crippen LogP contribution in [0.25, 0.3) is 0 Å². The molecular formula is C16H14Cl2N2O. The lowest BCUT2D eigenvalue weighted by Gasteiger charge is -2.30. The van der Waals surface area contributed by atoms with Crippen molar-refractivity contribution in [3.63, 3.8) is 0 Å². The summed E-state index contributed by atoms with van der Waals surface area (Å²) < 4.78 is 0. The van der Waals surface area contributed by atoms with Crippen LogP contribution in [0.5, 0.6) is 0 Å². The van der Waals surface area contributed by atoms with Crippen molar-refractivity contribution in [2.45, 2.75) is 13.0 Å². The van der Waals surface area contributed by atoms with E-state index in [2.05, 4.69) is 6.07 Å². The van der Waals surface area contributed by atoms with Crippen LogP contribution >= 0.6 is 23.2 Å². The van der Waals surface area contributed by atoms with Crippen molar-refractivity contribution < 1.29 is 4.79 Å². The summed E-state index contributed by atoms with van der Waals surface area (Å²) in [6.07, 6.45) is 0.803. The minimum Gasteiger partial charge on any atom is -0.398 e. The van der Waals surface area contributed by atoms with Crippen LogP contribution in [0.1, 0.15) is 21.5 Å². The molecule has 0 unspecified atom stereocenters. The normalized spacial score (nSPS) is 13.9. The molecule has 0 spiro atoms. The molecule has 0 bridgehead atoms. The molecule has 3 nitrogen and oxygen atoms in total. The Bertz CT molecular complexity index is 715. The average molecular weight is 321 g/mol. The molecule has 21 heavy (non-hydrogen) atoms. The molecule has 0 saturated carbocycles. The summed E-state index contributed by atoms with van der Waals surface area (Å²) in [5, 5.41) is 0.893. The fourth-order valence-corrected chi connectivity index (χ4v) is 3.10. The lowest BCUT2D eigenvalue weighted by molar-refractivity contribution is 0.0735. The third-order valence-electron chi connectivity index (χ3n) is 3.76. The summed E-state index contributed by atoms with van der Waals surface area (Å²) >= 11 is 12.0. The van der Waals surface area contributed by atoms with Crippen molar-refractivity contribution in [3.05, 3.63) is 63.1 Å². The molecule has 0 radical (unpaired) electrons. The summed E-state index contributed by atoms with van der Waals surface area (Å²) in [6, 6.07) is 10.8. The molecule has 2 aromatic carbocycles. The maximum Gasteiger partial charge on any atom is 0.255 e. The van der Waals surface area contributed by atoms with E-state index in [-0.39, 0.29) is 5.91 Å². The number of amides is 1. The van der Waals surface area contributed by atoms with Crippen molar-refractivity contribution in [1.82, 2.24) is 4.90 Å². The minimum atomic E-state index is -0.0921. The molecule has 2 N–H and O–H groups in total. The first-order valence-corrected chi connectivity index (χ1v) is 7.42. The molecule has 1 aliphatic rings. The molecule has 1 amide bonds. The van der Waals surface area contributed by atoms with Gasteiger partial charge in [-0.15, -0.1) is 0 Å². The van der Waals surface area contributed by atoms with E-state index in [4.69, 9.17) is 28.9 Å². The van der Waals surface area contributed by atoms with Gasteiger partial charge in [-0.1, -0.05) is 35.3 Å². The zero-order chi connectivity index (χ0) is 15.0. The number of hydrogen-bond acceptors (Lipinski definition) is 2. The van der Waals surface area contributed by atoms with E-state index >= 15 is 0 Å². The maximum absolute atomic E-state index is 12.6. The van der Waals surface area contributed by atoms with E-state index in [1.54, 1.807) is 23.1 Å². The molecule has 1 heterocycles. The largest absolute Gasteiger partial charge is 0.398 e. The first kappa shape index (κ1) is 14.2. The molecule has 0 atom stereocenters.